The SMILES string of the molecule is CC(=O)CCCCN1C(=O)C(C)(C)Oc2cc(C)c(C(=O)N(C(C)C)C3CCCCC3)cc21.Cc1cc2c(cc1C(=O)N(C(C)C)C1CCCCC1)N(CCCN)C(=O)C(C)(C)O2. The van der Waals surface area contributed by atoms with Crippen LogP contribution in [0.15, 0.2) is 24.3 Å². The van der Waals surface area contributed by atoms with Crippen LogP contribution in [0, 0.1) is 13.8 Å². The van der Waals surface area contributed by atoms with Crippen LogP contribution in [0.25, 0.3) is 0 Å². The number of ketones is 1. The molecule has 0 spiro atoms. The van der Waals surface area contributed by atoms with Crippen molar-refractivity contribution in [2.75, 3.05) is 29.4 Å². The van der Waals surface area contributed by atoms with Gasteiger partial charge in [-0.05, 0) is 163 Å². The summed E-state index contributed by atoms with van der Waals surface area (Å²) in [7, 11) is 0. The van der Waals surface area contributed by atoms with Crippen LogP contribution in [0.1, 0.15) is 184 Å². The van der Waals surface area contributed by atoms with E-state index < -0.39 is 11.2 Å². The number of nitrogens with two attached hydrogens (primary N) is 1. The number of fused-ring (bicyclic) bond motifs is 2. The number of Topliss-reactive ketones (excluding diaryl/α,β-unsaturated/α-hetero) is 1. The highest BCUT2D eigenvalue weighted by Gasteiger charge is 2.43. The third-order valence-corrected chi connectivity index (χ3v) is 13.2. The lowest BCUT2D eigenvalue weighted by molar-refractivity contribution is -0.133. The van der Waals surface area contributed by atoms with Gasteiger partial charge in [-0.15, -0.1) is 0 Å². The summed E-state index contributed by atoms with van der Waals surface area (Å²) >= 11 is 0. The molecule has 0 atom stereocenters. The topological polar surface area (TPSA) is 143 Å². The first kappa shape index (κ1) is 49.6. The van der Waals surface area contributed by atoms with Crippen molar-refractivity contribution in [2.24, 2.45) is 5.73 Å². The second-order valence-corrected chi connectivity index (χ2v) is 19.9. The summed E-state index contributed by atoms with van der Waals surface area (Å²) in [4.78, 5) is 72.6. The zero-order valence-electron chi connectivity index (χ0n) is 40.4. The monoisotopic (exact) mass is 872 g/mol. The van der Waals surface area contributed by atoms with Crippen LogP contribution < -0.4 is 25.0 Å². The molecule has 4 amide bonds. The smallest absolute Gasteiger partial charge is 0.270 e. The summed E-state index contributed by atoms with van der Waals surface area (Å²) in [6.07, 6.45) is 14.0. The molecule has 4 aliphatic rings. The number of carbonyl (C=O) groups excluding carboxylic acids is 5. The summed E-state index contributed by atoms with van der Waals surface area (Å²) < 4.78 is 12.1. The predicted octanol–water partition coefficient (Wildman–Crippen LogP) is 9.47. The quantitative estimate of drug-likeness (QED) is 0.185. The molecule has 0 bridgehead atoms. The normalized spacial score (nSPS) is 18.5. The first-order valence-corrected chi connectivity index (χ1v) is 23.9. The number of hydrogen-bond acceptors (Lipinski definition) is 8. The average Bonchev–Trinajstić information content (AvgIpc) is 3.21. The van der Waals surface area contributed by atoms with Gasteiger partial charge in [0.05, 0.1) is 11.4 Å². The first-order valence-electron chi connectivity index (χ1n) is 23.9. The lowest BCUT2D eigenvalue weighted by atomic mass is 9.92. The number of rotatable bonds is 14. The Kier molecular flexibility index (Phi) is 16.5. The second kappa shape index (κ2) is 21.0. The molecule has 2 saturated carbocycles. The van der Waals surface area contributed by atoms with Crippen molar-refractivity contribution < 1.29 is 33.4 Å². The van der Waals surface area contributed by atoms with Crippen molar-refractivity contribution in [3.63, 3.8) is 0 Å². The number of anilines is 2. The predicted molar refractivity (Wildman–Crippen MR) is 251 cm³/mol. The van der Waals surface area contributed by atoms with Gasteiger partial charge in [0.2, 0.25) is 0 Å². The Hall–Kier alpha value is -4.45. The molecule has 2 heterocycles. The maximum Gasteiger partial charge on any atom is 0.270 e. The van der Waals surface area contributed by atoms with Gasteiger partial charge in [0.15, 0.2) is 11.2 Å². The lowest BCUT2D eigenvalue weighted by Gasteiger charge is -2.40. The van der Waals surface area contributed by atoms with E-state index in [-0.39, 0.29) is 53.6 Å². The van der Waals surface area contributed by atoms with E-state index in [0.717, 1.165) is 62.5 Å². The number of amides is 4. The van der Waals surface area contributed by atoms with Gasteiger partial charge in [0.25, 0.3) is 23.6 Å². The van der Waals surface area contributed by atoms with Crippen molar-refractivity contribution in [1.82, 2.24) is 9.80 Å². The van der Waals surface area contributed by atoms with Crippen LogP contribution in [-0.4, -0.2) is 94.2 Å². The Bertz CT molecular complexity index is 1980. The van der Waals surface area contributed by atoms with E-state index in [1.165, 1.54) is 25.7 Å². The summed E-state index contributed by atoms with van der Waals surface area (Å²) in [6, 6.07) is 8.30. The lowest BCUT2D eigenvalue weighted by Crippen LogP contribution is -2.53. The number of ether oxygens (including phenoxy) is 2. The van der Waals surface area contributed by atoms with Gasteiger partial charge >= 0.3 is 0 Å². The second-order valence-electron chi connectivity index (χ2n) is 19.9. The van der Waals surface area contributed by atoms with Gasteiger partial charge in [-0.1, -0.05) is 38.5 Å². The minimum absolute atomic E-state index is 0.0333. The molecule has 12 heteroatoms. The number of nitrogens with zero attached hydrogens (tertiary/aromatic N) is 4. The molecule has 63 heavy (non-hydrogen) atoms. The third-order valence-electron chi connectivity index (χ3n) is 13.2. The number of benzene rings is 2. The Balaban J connectivity index is 0.000000239. The fourth-order valence-electron chi connectivity index (χ4n) is 9.87. The largest absolute Gasteiger partial charge is 0.476 e. The molecule has 2 aliphatic heterocycles. The van der Waals surface area contributed by atoms with Crippen molar-refractivity contribution in [1.29, 1.82) is 0 Å². The zero-order chi connectivity index (χ0) is 46.4. The molecule has 348 valence electrons. The van der Waals surface area contributed by atoms with E-state index in [1.807, 2.05) is 47.9 Å². The Labute approximate surface area is 377 Å². The molecule has 0 saturated heterocycles. The maximum atomic E-state index is 13.8. The van der Waals surface area contributed by atoms with E-state index in [2.05, 4.69) is 27.7 Å². The van der Waals surface area contributed by atoms with E-state index in [9.17, 15) is 24.0 Å². The van der Waals surface area contributed by atoms with Crippen LogP contribution >= 0.6 is 0 Å². The van der Waals surface area contributed by atoms with Crippen molar-refractivity contribution >= 4 is 40.8 Å². The van der Waals surface area contributed by atoms with Crippen molar-refractivity contribution in [3.8, 4) is 11.5 Å². The van der Waals surface area contributed by atoms with Gasteiger partial charge in [-0.2, -0.15) is 0 Å². The van der Waals surface area contributed by atoms with Crippen LogP contribution in [0.2, 0.25) is 0 Å². The number of unbranched alkanes of at least 4 members (excludes halogenated alkanes) is 1. The molecule has 2 aromatic carbocycles. The zero-order valence-corrected chi connectivity index (χ0v) is 40.4. The molecule has 2 fully saturated rings. The molecule has 6 rings (SSSR count). The van der Waals surface area contributed by atoms with Gasteiger partial charge in [0, 0.05) is 54.8 Å². The van der Waals surface area contributed by atoms with Crippen LogP contribution in [0.5, 0.6) is 11.5 Å². The van der Waals surface area contributed by atoms with Crippen LogP contribution in [0.3, 0.4) is 0 Å². The highest BCUT2D eigenvalue weighted by atomic mass is 16.5. The van der Waals surface area contributed by atoms with Crippen molar-refractivity contribution in [3.05, 3.63) is 46.5 Å². The molecule has 2 aromatic rings. The maximum absolute atomic E-state index is 13.8. The van der Waals surface area contributed by atoms with Gasteiger partial charge < -0.3 is 39.6 Å². The molecule has 0 unspecified atom stereocenters. The van der Waals surface area contributed by atoms with E-state index in [1.54, 1.807) is 44.4 Å². The summed E-state index contributed by atoms with van der Waals surface area (Å²) in [5.41, 5.74) is 8.16. The van der Waals surface area contributed by atoms with Crippen molar-refractivity contribution in [2.45, 2.75) is 201 Å². The number of carbonyl (C=O) groups is 5. The highest BCUT2D eigenvalue weighted by Crippen LogP contribution is 2.42. The van der Waals surface area contributed by atoms with E-state index in [4.69, 9.17) is 15.2 Å². The molecule has 0 aromatic heterocycles. The fourth-order valence-corrected chi connectivity index (χ4v) is 9.87. The Morgan fingerprint density at radius 3 is 1.38 bits per heavy atom. The molecule has 0 radical (unpaired) electrons. The highest BCUT2D eigenvalue weighted by molar-refractivity contribution is 6.06. The first-order chi connectivity index (χ1) is 29.7. The minimum Gasteiger partial charge on any atom is -0.476 e. The molecule has 2 N–H and O–H groups in total. The molecular formula is C51H77N5O7. The molecular weight excluding hydrogens is 795 g/mol. The summed E-state index contributed by atoms with van der Waals surface area (Å²) in [5, 5.41) is 0. The van der Waals surface area contributed by atoms with Gasteiger partial charge in [-0.25, -0.2) is 0 Å². The Morgan fingerprint density at radius 2 is 1.03 bits per heavy atom. The van der Waals surface area contributed by atoms with Gasteiger partial charge in [0.1, 0.15) is 17.3 Å². The molecule has 12 nitrogen and oxygen atoms in total. The fraction of sp³-hybridized carbons (Fsp3) is 0.667. The summed E-state index contributed by atoms with van der Waals surface area (Å²) in [5.74, 6) is 1.31. The molecule has 2 aliphatic carbocycles. The minimum atomic E-state index is -0.975. The number of hydrogen-bond donors (Lipinski definition) is 1. The van der Waals surface area contributed by atoms with Crippen LogP contribution in [0.4, 0.5) is 11.4 Å². The van der Waals surface area contributed by atoms with Gasteiger partial charge in [-0.3, -0.25) is 19.2 Å². The van der Waals surface area contributed by atoms with E-state index >= 15 is 0 Å². The Morgan fingerprint density at radius 1 is 0.651 bits per heavy atom. The third kappa shape index (κ3) is 11.4. The average molecular weight is 872 g/mol. The van der Waals surface area contributed by atoms with Crippen LogP contribution in [-0.2, 0) is 14.4 Å². The summed E-state index contributed by atoms with van der Waals surface area (Å²) in [6.45, 7) is 22.4. The van der Waals surface area contributed by atoms with E-state index in [0.29, 0.717) is 66.5 Å². The standard InChI is InChI=1S/C27H40N2O4.C24H37N3O3/c1-18(2)29(21-13-8-7-9-14-21)25(31)22-17-23-24(16-19(22)3)33-27(5,6)26(32)28(23)15-11-10-12-20(4)30;1-16(2)27(18-10-7-6-8-11-18)22(28)19-15-20-21(14-17(19)3)30-24(4,5)23(29)26(20)13-9-12-25/h16-18,21H,7-15H2,1-6H3;14-16,18H,6-13,25H2,1-5H3. The number of aryl methyl sites for hydroxylation is 2.